The highest BCUT2D eigenvalue weighted by Crippen LogP contribution is 2.45. The number of rotatable bonds is 4. The Morgan fingerprint density at radius 2 is 1.83 bits per heavy atom. The van der Waals surface area contributed by atoms with Gasteiger partial charge in [0.25, 0.3) is 0 Å². The zero-order chi connectivity index (χ0) is 13.0. The van der Waals surface area contributed by atoms with E-state index in [0.717, 1.165) is 10.6 Å². The quantitative estimate of drug-likeness (QED) is 0.476. The van der Waals surface area contributed by atoms with Gasteiger partial charge >= 0.3 is 0 Å². The van der Waals surface area contributed by atoms with Gasteiger partial charge in [0.2, 0.25) is 0 Å². The Kier molecular flexibility index (Phi) is 4.28. The molecule has 0 saturated carbocycles. The van der Waals surface area contributed by atoms with E-state index in [-0.39, 0.29) is 5.57 Å². The van der Waals surface area contributed by atoms with E-state index in [4.69, 9.17) is 0 Å². The first-order valence-electron chi connectivity index (χ1n) is 5.17. The normalized spacial score (nSPS) is 14.3. The number of hydrogen-bond donors (Lipinski definition) is 0. The summed E-state index contributed by atoms with van der Waals surface area (Å²) in [5.74, 6) is -1.93. The summed E-state index contributed by atoms with van der Waals surface area (Å²) in [5.41, 5.74) is 0.617. The summed E-state index contributed by atoms with van der Waals surface area (Å²) in [6, 6.07) is 9.24. The standard InChI is InChI=1S/C13H10O3S2/c14-10(7-6-9-4-2-1-3-5-9)11(12(15)16)13-17-8-18-13/h1-7H,8H2,(H,15,16)/p-1/b7-6+. The number of hydrogen-bond acceptors (Lipinski definition) is 5. The van der Waals surface area contributed by atoms with Gasteiger partial charge < -0.3 is 9.90 Å². The number of aliphatic carboxylic acids is 1. The second-order valence-electron chi connectivity index (χ2n) is 3.46. The van der Waals surface area contributed by atoms with Gasteiger partial charge in [0, 0.05) is 5.08 Å². The Morgan fingerprint density at radius 3 is 2.33 bits per heavy atom. The summed E-state index contributed by atoms with van der Waals surface area (Å²) in [6.45, 7) is 0. The minimum absolute atomic E-state index is 0.233. The Labute approximate surface area is 113 Å². The van der Waals surface area contributed by atoms with Crippen molar-refractivity contribution in [3.8, 4) is 0 Å². The Bertz CT molecular complexity index is 526. The molecular weight excluding hydrogens is 268 g/mol. The van der Waals surface area contributed by atoms with Gasteiger partial charge in [0.1, 0.15) is 0 Å². The zero-order valence-corrected chi connectivity index (χ0v) is 10.9. The van der Waals surface area contributed by atoms with Gasteiger partial charge in [0.05, 0.1) is 15.8 Å². The first-order chi connectivity index (χ1) is 8.68. The number of carbonyl (C=O) groups excluding carboxylic acids is 2. The second-order valence-corrected chi connectivity index (χ2v) is 6.06. The van der Waals surface area contributed by atoms with Crippen molar-refractivity contribution in [1.82, 2.24) is 0 Å². The lowest BCUT2D eigenvalue weighted by Gasteiger charge is -2.19. The molecule has 3 nitrogen and oxygen atoms in total. The highest BCUT2D eigenvalue weighted by Gasteiger charge is 2.21. The van der Waals surface area contributed by atoms with Crippen LogP contribution in [0.5, 0.6) is 0 Å². The highest BCUT2D eigenvalue weighted by molar-refractivity contribution is 8.37. The topological polar surface area (TPSA) is 57.2 Å². The van der Waals surface area contributed by atoms with Crippen LogP contribution in [0.25, 0.3) is 6.08 Å². The molecule has 18 heavy (non-hydrogen) atoms. The van der Waals surface area contributed by atoms with Crippen molar-refractivity contribution in [2.75, 3.05) is 5.08 Å². The van der Waals surface area contributed by atoms with Crippen molar-refractivity contribution in [2.24, 2.45) is 0 Å². The number of allylic oxidation sites excluding steroid dienone is 1. The number of thioether (sulfide) groups is 2. The molecule has 5 heteroatoms. The van der Waals surface area contributed by atoms with Crippen LogP contribution < -0.4 is 5.11 Å². The maximum atomic E-state index is 11.8. The van der Waals surface area contributed by atoms with E-state index in [0.29, 0.717) is 4.24 Å². The molecule has 1 fully saturated rings. The van der Waals surface area contributed by atoms with E-state index < -0.39 is 11.8 Å². The summed E-state index contributed by atoms with van der Waals surface area (Å²) >= 11 is 2.72. The minimum Gasteiger partial charge on any atom is -0.545 e. The minimum atomic E-state index is -1.41. The third kappa shape index (κ3) is 3.05. The van der Waals surface area contributed by atoms with E-state index >= 15 is 0 Å². The summed E-state index contributed by atoms with van der Waals surface area (Å²) in [7, 11) is 0. The number of benzene rings is 1. The van der Waals surface area contributed by atoms with Gasteiger partial charge in [-0.25, -0.2) is 0 Å². The van der Waals surface area contributed by atoms with Crippen molar-refractivity contribution in [2.45, 2.75) is 0 Å². The first-order valence-corrected chi connectivity index (χ1v) is 7.14. The van der Waals surface area contributed by atoms with Gasteiger partial charge in [-0.3, -0.25) is 4.79 Å². The predicted octanol–water partition coefficient (Wildman–Crippen LogP) is 1.67. The van der Waals surface area contributed by atoms with Crippen molar-refractivity contribution in [3.63, 3.8) is 0 Å². The number of carbonyl (C=O) groups is 2. The lowest BCUT2D eigenvalue weighted by atomic mass is 10.1. The van der Waals surface area contributed by atoms with Gasteiger partial charge in [-0.15, -0.1) is 23.5 Å². The molecule has 0 spiro atoms. The van der Waals surface area contributed by atoms with Crippen LogP contribution in [0.4, 0.5) is 0 Å². The monoisotopic (exact) mass is 277 g/mol. The SMILES string of the molecule is O=C([O-])C(C(=O)/C=C/c1ccccc1)=C1SCS1. The lowest BCUT2D eigenvalue weighted by Crippen LogP contribution is -2.29. The molecule has 1 aromatic carbocycles. The molecule has 0 radical (unpaired) electrons. The maximum absolute atomic E-state index is 11.8. The fraction of sp³-hybridized carbons (Fsp3) is 0.0769. The van der Waals surface area contributed by atoms with Crippen LogP contribution in [0.15, 0.2) is 46.2 Å². The highest BCUT2D eigenvalue weighted by atomic mass is 32.3. The molecule has 0 amide bonds. The van der Waals surface area contributed by atoms with Gasteiger partial charge in [-0.2, -0.15) is 0 Å². The van der Waals surface area contributed by atoms with Crippen LogP contribution in [0.3, 0.4) is 0 Å². The van der Waals surface area contributed by atoms with E-state index in [1.165, 1.54) is 29.6 Å². The molecule has 92 valence electrons. The Morgan fingerprint density at radius 1 is 1.17 bits per heavy atom. The third-order valence-electron chi connectivity index (χ3n) is 2.26. The van der Waals surface area contributed by atoms with E-state index in [9.17, 15) is 14.7 Å². The third-order valence-corrected chi connectivity index (χ3v) is 4.84. The summed E-state index contributed by atoms with van der Waals surface area (Å²) in [5, 5.41) is 11.7. The summed E-state index contributed by atoms with van der Waals surface area (Å²) in [6.07, 6.45) is 2.87. The van der Waals surface area contributed by atoms with Crippen molar-refractivity contribution in [3.05, 3.63) is 51.8 Å². The largest absolute Gasteiger partial charge is 0.545 e. The zero-order valence-electron chi connectivity index (χ0n) is 9.29. The average molecular weight is 277 g/mol. The molecule has 0 aromatic heterocycles. The summed E-state index contributed by atoms with van der Waals surface area (Å²) < 4.78 is 0.540. The molecule has 2 rings (SSSR count). The van der Waals surface area contributed by atoms with Crippen LogP contribution in [-0.2, 0) is 9.59 Å². The molecule has 0 atom stereocenters. The molecule has 0 N–H and O–H groups in total. The van der Waals surface area contributed by atoms with Crippen LogP contribution >= 0.6 is 23.5 Å². The first kappa shape index (κ1) is 13.0. The number of ketones is 1. The Balaban J connectivity index is 2.16. The van der Waals surface area contributed by atoms with Gasteiger partial charge in [-0.05, 0) is 11.6 Å². The fourth-order valence-electron chi connectivity index (χ4n) is 1.37. The van der Waals surface area contributed by atoms with Crippen LogP contribution in [0.2, 0.25) is 0 Å². The molecular formula is C13H9O3S2-. The van der Waals surface area contributed by atoms with Crippen molar-refractivity contribution < 1.29 is 14.7 Å². The fourth-order valence-corrected chi connectivity index (χ4v) is 2.97. The molecule has 1 aromatic rings. The number of carboxylic acids is 1. The molecule has 1 aliphatic rings. The van der Waals surface area contributed by atoms with Gasteiger partial charge in [0.15, 0.2) is 5.78 Å². The number of carboxylic acid groups (broad SMARTS) is 1. The van der Waals surface area contributed by atoms with Crippen molar-refractivity contribution in [1.29, 1.82) is 0 Å². The second kappa shape index (κ2) is 5.93. The van der Waals surface area contributed by atoms with E-state index in [1.54, 1.807) is 6.08 Å². The maximum Gasteiger partial charge on any atom is 0.189 e. The molecule has 0 bridgehead atoms. The molecule has 1 heterocycles. The van der Waals surface area contributed by atoms with E-state index in [1.807, 2.05) is 30.3 Å². The van der Waals surface area contributed by atoms with Gasteiger partial charge in [-0.1, -0.05) is 36.4 Å². The summed E-state index contributed by atoms with van der Waals surface area (Å²) in [4.78, 5) is 22.7. The van der Waals surface area contributed by atoms with Crippen LogP contribution in [-0.4, -0.2) is 16.8 Å². The van der Waals surface area contributed by atoms with Crippen LogP contribution in [0, 0.1) is 0 Å². The predicted molar refractivity (Wildman–Crippen MR) is 72.6 cm³/mol. The molecule has 0 aliphatic carbocycles. The Hall–Kier alpha value is -1.46. The smallest absolute Gasteiger partial charge is 0.189 e. The van der Waals surface area contributed by atoms with Crippen LogP contribution in [0.1, 0.15) is 5.56 Å². The molecule has 1 saturated heterocycles. The lowest BCUT2D eigenvalue weighted by molar-refractivity contribution is -0.298. The molecule has 0 unspecified atom stereocenters. The average Bonchev–Trinajstić information content (AvgIpc) is 2.31. The van der Waals surface area contributed by atoms with Crippen molar-refractivity contribution >= 4 is 41.4 Å². The van der Waals surface area contributed by atoms with E-state index in [2.05, 4.69) is 0 Å². The molecule has 1 aliphatic heterocycles.